The van der Waals surface area contributed by atoms with Crippen molar-refractivity contribution in [2.75, 3.05) is 20.1 Å². The van der Waals surface area contributed by atoms with Crippen LogP contribution in [0.25, 0.3) is 0 Å². The Kier molecular flexibility index (Phi) is 3.22. The Balaban J connectivity index is 2.04. The summed E-state index contributed by atoms with van der Waals surface area (Å²) in [4.78, 5) is 13.6. The summed E-state index contributed by atoms with van der Waals surface area (Å²) < 4.78 is 0. The zero-order valence-corrected chi connectivity index (χ0v) is 9.31. The zero-order valence-electron chi connectivity index (χ0n) is 9.31. The van der Waals surface area contributed by atoms with E-state index in [1.807, 2.05) is 24.3 Å². The van der Waals surface area contributed by atoms with Crippen molar-refractivity contribution in [1.29, 1.82) is 0 Å². The molecule has 2 N–H and O–H groups in total. The van der Waals surface area contributed by atoms with Crippen molar-refractivity contribution < 1.29 is 9.90 Å². The Bertz CT molecular complexity index is 392. The lowest BCUT2D eigenvalue weighted by Crippen LogP contribution is -2.37. The number of nitrogens with zero attached hydrogens (tertiary/aromatic N) is 1. The van der Waals surface area contributed by atoms with Crippen molar-refractivity contribution in [3.05, 3.63) is 35.4 Å². The summed E-state index contributed by atoms with van der Waals surface area (Å²) >= 11 is 0. The topological polar surface area (TPSA) is 52.6 Å². The first kappa shape index (κ1) is 11.1. The molecule has 0 spiro atoms. The molecule has 1 aliphatic rings. The monoisotopic (exact) mass is 220 g/mol. The number of likely N-dealkylation sites (N-methyl/N-ethyl adjacent to an activating group) is 1. The average molecular weight is 220 g/mol. The smallest absolute Gasteiger partial charge is 0.254 e. The molecule has 1 amide bonds. The zero-order chi connectivity index (χ0) is 11.5. The summed E-state index contributed by atoms with van der Waals surface area (Å²) in [5, 5.41) is 12.5. The standard InChI is InChI=1S/C12H16N2O2/c1-13-6-10(15)8-14-7-9-4-2-3-5-11(9)12(14)16/h2-5,10,13,15H,6-8H2,1H3. The van der Waals surface area contributed by atoms with Crippen molar-refractivity contribution in [3.8, 4) is 0 Å². The number of aliphatic hydroxyl groups is 1. The molecule has 0 saturated carbocycles. The summed E-state index contributed by atoms with van der Waals surface area (Å²) in [6.45, 7) is 1.49. The van der Waals surface area contributed by atoms with Gasteiger partial charge in [-0.25, -0.2) is 0 Å². The summed E-state index contributed by atoms with van der Waals surface area (Å²) in [5.74, 6) is 0.0192. The van der Waals surface area contributed by atoms with Gasteiger partial charge in [0.05, 0.1) is 6.10 Å². The SMILES string of the molecule is CNCC(O)CN1Cc2ccccc2C1=O. The van der Waals surface area contributed by atoms with Gasteiger partial charge in [0.25, 0.3) is 5.91 Å². The highest BCUT2D eigenvalue weighted by atomic mass is 16.3. The van der Waals surface area contributed by atoms with Gasteiger partial charge < -0.3 is 15.3 Å². The van der Waals surface area contributed by atoms with Crippen LogP contribution in [-0.4, -0.2) is 42.2 Å². The van der Waals surface area contributed by atoms with Crippen LogP contribution in [0.2, 0.25) is 0 Å². The lowest BCUT2D eigenvalue weighted by atomic mass is 10.1. The predicted octanol–water partition coefficient (Wildman–Crippen LogP) is 0.223. The number of benzene rings is 1. The molecule has 0 saturated heterocycles. The van der Waals surface area contributed by atoms with E-state index in [4.69, 9.17) is 0 Å². The molecule has 1 aliphatic heterocycles. The number of aliphatic hydroxyl groups excluding tert-OH is 1. The minimum absolute atomic E-state index is 0.0192. The fourth-order valence-electron chi connectivity index (χ4n) is 2.02. The Morgan fingerprint density at radius 2 is 2.25 bits per heavy atom. The number of hydrogen-bond acceptors (Lipinski definition) is 3. The van der Waals surface area contributed by atoms with Crippen LogP contribution in [0.3, 0.4) is 0 Å². The molecule has 86 valence electrons. The number of carbonyl (C=O) groups is 1. The molecule has 16 heavy (non-hydrogen) atoms. The van der Waals surface area contributed by atoms with Gasteiger partial charge in [0.15, 0.2) is 0 Å². The fourth-order valence-corrected chi connectivity index (χ4v) is 2.02. The van der Waals surface area contributed by atoms with E-state index in [-0.39, 0.29) is 5.91 Å². The molecule has 0 aromatic heterocycles. The van der Waals surface area contributed by atoms with Gasteiger partial charge in [-0.2, -0.15) is 0 Å². The lowest BCUT2D eigenvalue weighted by Gasteiger charge is -2.19. The lowest BCUT2D eigenvalue weighted by molar-refractivity contribution is 0.0649. The highest BCUT2D eigenvalue weighted by Crippen LogP contribution is 2.22. The molecular weight excluding hydrogens is 204 g/mol. The minimum atomic E-state index is -0.511. The fraction of sp³-hybridized carbons (Fsp3) is 0.417. The van der Waals surface area contributed by atoms with Crippen LogP contribution >= 0.6 is 0 Å². The molecule has 1 aromatic rings. The summed E-state index contributed by atoms with van der Waals surface area (Å²) in [6, 6.07) is 7.59. The van der Waals surface area contributed by atoms with Crippen LogP contribution in [-0.2, 0) is 6.54 Å². The van der Waals surface area contributed by atoms with Crippen LogP contribution in [0.1, 0.15) is 15.9 Å². The minimum Gasteiger partial charge on any atom is -0.390 e. The van der Waals surface area contributed by atoms with E-state index in [1.165, 1.54) is 0 Å². The van der Waals surface area contributed by atoms with E-state index in [9.17, 15) is 9.90 Å². The summed E-state index contributed by atoms with van der Waals surface area (Å²) in [7, 11) is 1.78. The van der Waals surface area contributed by atoms with E-state index >= 15 is 0 Å². The van der Waals surface area contributed by atoms with E-state index < -0.39 is 6.10 Å². The van der Waals surface area contributed by atoms with Gasteiger partial charge in [-0.1, -0.05) is 18.2 Å². The average Bonchev–Trinajstić information content (AvgIpc) is 2.57. The maximum absolute atomic E-state index is 11.9. The Hall–Kier alpha value is -1.39. The Labute approximate surface area is 94.9 Å². The van der Waals surface area contributed by atoms with Crippen molar-refractivity contribution in [2.45, 2.75) is 12.6 Å². The number of β-amino-alcohol motifs (C(OH)–C–C–N with tert-alkyl or cyclic N) is 1. The second-order valence-corrected chi connectivity index (χ2v) is 4.05. The van der Waals surface area contributed by atoms with Gasteiger partial charge in [-0.05, 0) is 18.7 Å². The molecule has 1 aromatic carbocycles. The van der Waals surface area contributed by atoms with Crippen molar-refractivity contribution in [3.63, 3.8) is 0 Å². The summed E-state index contributed by atoms with van der Waals surface area (Å²) in [5.41, 5.74) is 1.81. The van der Waals surface area contributed by atoms with Crippen molar-refractivity contribution >= 4 is 5.91 Å². The second kappa shape index (κ2) is 4.63. The van der Waals surface area contributed by atoms with E-state index in [2.05, 4.69) is 5.32 Å². The second-order valence-electron chi connectivity index (χ2n) is 4.05. The third-order valence-corrected chi connectivity index (χ3v) is 2.77. The van der Waals surface area contributed by atoms with E-state index in [0.717, 1.165) is 11.1 Å². The molecule has 0 fully saturated rings. The maximum atomic E-state index is 11.9. The Morgan fingerprint density at radius 1 is 1.50 bits per heavy atom. The van der Waals surface area contributed by atoms with Gasteiger partial charge in [0.1, 0.15) is 0 Å². The van der Waals surface area contributed by atoms with Crippen LogP contribution in [0, 0.1) is 0 Å². The molecule has 1 atom stereocenters. The molecule has 4 heteroatoms. The maximum Gasteiger partial charge on any atom is 0.254 e. The third-order valence-electron chi connectivity index (χ3n) is 2.77. The first-order valence-electron chi connectivity index (χ1n) is 5.42. The first-order valence-corrected chi connectivity index (χ1v) is 5.42. The summed E-state index contributed by atoms with van der Waals surface area (Å²) in [6.07, 6.45) is -0.511. The molecule has 2 rings (SSSR count). The van der Waals surface area contributed by atoms with Gasteiger partial charge >= 0.3 is 0 Å². The van der Waals surface area contributed by atoms with Gasteiger partial charge in [-0.3, -0.25) is 4.79 Å². The van der Waals surface area contributed by atoms with Crippen LogP contribution in [0.5, 0.6) is 0 Å². The molecular formula is C12H16N2O2. The van der Waals surface area contributed by atoms with Gasteiger partial charge in [-0.15, -0.1) is 0 Å². The van der Waals surface area contributed by atoms with E-state index in [1.54, 1.807) is 11.9 Å². The predicted molar refractivity (Wildman–Crippen MR) is 61.1 cm³/mol. The molecule has 1 unspecified atom stereocenters. The highest BCUT2D eigenvalue weighted by molar-refractivity contribution is 5.98. The first-order chi connectivity index (χ1) is 7.72. The van der Waals surface area contributed by atoms with Crippen LogP contribution < -0.4 is 5.32 Å². The number of rotatable bonds is 4. The molecule has 0 bridgehead atoms. The third kappa shape index (κ3) is 2.08. The van der Waals surface area contributed by atoms with E-state index in [0.29, 0.717) is 19.6 Å². The van der Waals surface area contributed by atoms with Crippen molar-refractivity contribution in [2.24, 2.45) is 0 Å². The molecule has 4 nitrogen and oxygen atoms in total. The number of hydrogen-bond donors (Lipinski definition) is 2. The molecule has 0 radical (unpaired) electrons. The highest BCUT2D eigenvalue weighted by Gasteiger charge is 2.27. The number of amides is 1. The number of nitrogens with one attached hydrogen (secondary N) is 1. The van der Waals surface area contributed by atoms with Crippen LogP contribution in [0.4, 0.5) is 0 Å². The largest absolute Gasteiger partial charge is 0.390 e. The van der Waals surface area contributed by atoms with Gasteiger partial charge in [0, 0.05) is 25.2 Å². The molecule has 0 aliphatic carbocycles. The number of carbonyl (C=O) groups excluding carboxylic acids is 1. The van der Waals surface area contributed by atoms with Gasteiger partial charge in [0.2, 0.25) is 0 Å². The number of fused-ring (bicyclic) bond motifs is 1. The normalized spacial score (nSPS) is 16.4. The van der Waals surface area contributed by atoms with Crippen molar-refractivity contribution in [1.82, 2.24) is 10.2 Å². The Morgan fingerprint density at radius 3 is 2.94 bits per heavy atom. The molecule has 1 heterocycles. The van der Waals surface area contributed by atoms with Crippen LogP contribution in [0.15, 0.2) is 24.3 Å². The quantitative estimate of drug-likeness (QED) is 0.763.